The third-order valence-electron chi connectivity index (χ3n) is 3.74. The van der Waals surface area contributed by atoms with Gasteiger partial charge in [0.1, 0.15) is 18.1 Å². The molecule has 0 saturated carbocycles. The van der Waals surface area contributed by atoms with E-state index in [1.54, 1.807) is 18.2 Å². The van der Waals surface area contributed by atoms with E-state index in [1.807, 2.05) is 13.1 Å². The SMILES string of the molecule is C[NH+](CC(=O)NCCc1ccc(OC(F)F)cc1)Cc1cccc(F)c1. The summed E-state index contributed by atoms with van der Waals surface area (Å²) >= 11 is 0. The average Bonchev–Trinajstić information content (AvgIpc) is 2.56. The van der Waals surface area contributed by atoms with E-state index in [1.165, 1.54) is 24.3 Å². The fourth-order valence-corrected chi connectivity index (χ4v) is 2.58. The fraction of sp³-hybridized carbons (Fsp3) is 0.316. The van der Waals surface area contributed by atoms with Crippen molar-refractivity contribution < 1.29 is 27.6 Å². The zero-order chi connectivity index (χ0) is 18.9. The summed E-state index contributed by atoms with van der Waals surface area (Å²) in [6.45, 7) is -1.57. The van der Waals surface area contributed by atoms with Crippen molar-refractivity contribution in [2.75, 3.05) is 20.1 Å². The molecule has 0 aromatic heterocycles. The highest BCUT2D eigenvalue weighted by Gasteiger charge is 2.10. The molecule has 140 valence electrons. The molecule has 0 aliphatic rings. The molecule has 0 bridgehead atoms. The Hall–Kier alpha value is -2.54. The molecule has 2 aromatic carbocycles. The van der Waals surface area contributed by atoms with Crippen molar-refractivity contribution in [1.29, 1.82) is 0 Å². The maximum Gasteiger partial charge on any atom is 0.387 e. The number of hydrogen-bond donors (Lipinski definition) is 2. The van der Waals surface area contributed by atoms with E-state index in [2.05, 4.69) is 10.1 Å². The molecule has 26 heavy (non-hydrogen) atoms. The van der Waals surface area contributed by atoms with Crippen LogP contribution in [-0.2, 0) is 17.8 Å². The van der Waals surface area contributed by atoms with Crippen LogP contribution in [0.3, 0.4) is 0 Å². The van der Waals surface area contributed by atoms with Gasteiger partial charge in [0.2, 0.25) is 0 Å². The number of benzene rings is 2. The third-order valence-corrected chi connectivity index (χ3v) is 3.74. The van der Waals surface area contributed by atoms with Crippen molar-refractivity contribution in [3.63, 3.8) is 0 Å². The van der Waals surface area contributed by atoms with E-state index >= 15 is 0 Å². The minimum absolute atomic E-state index is 0.100. The minimum atomic E-state index is -2.84. The van der Waals surface area contributed by atoms with Crippen molar-refractivity contribution in [2.45, 2.75) is 19.6 Å². The highest BCUT2D eigenvalue weighted by Crippen LogP contribution is 2.14. The van der Waals surface area contributed by atoms with Crippen molar-refractivity contribution in [3.05, 3.63) is 65.5 Å². The van der Waals surface area contributed by atoms with Gasteiger partial charge in [-0.15, -0.1) is 0 Å². The van der Waals surface area contributed by atoms with Gasteiger partial charge < -0.3 is 15.0 Å². The number of carbonyl (C=O) groups is 1. The topological polar surface area (TPSA) is 42.8 Å². The summed E-state index contributed by atoms with van der Waals surface area (Å²) < 4.78 is 41.6. The first kappa shape index (κ1) is 19.8. The Morgan fingerprint density at radius 3 is 2.54 bits per heavy atom. The summed E-state index contributed by atoms with van der Waals surface area (Å²) in [6.07, 6.45) is 0.587. The van der Waals surface area contributed by atoms with Crippen LogP contribution in [0, 0.1) is 5.82 Å². The Morgan fingerprint density at radius 2 is 1.88 bits per heavy atom. The molecule has 0 aliphatic heterocycles. The lowest BCUT2D eigenvalue weighted by molar-refractivity contribution is -0.885. The molecule has 0 spiro atoms. The maximum atomic E-state index is 13.2. The third kappa shape index (κ3) is 7.14. The van der Waals surface area contributed by atoms with E-state index < -0.39 is 6.61 Å². The molecule has 1 atom stereocenters. The first-order chi connectivity index (χ1) is 12.4. The molecule has 0 aliphatic carbocycles. The second kappa shape index (κ2) is 9.82. The quantitative estimate of drug-likeness (QED) is 0.710. The van der Waals surface area contributed by atoms with E-state index in [-0.39, 0.29) is 24.0 Å². The zero-order valence-corrected chi connectivity index (χ0v) is 14.5. The maximum absolute atomic E-state index is 13.2. The van der Waals surface area contributed by atoms with Crippen molar-refractivity contribution in [1.82, 2.24) is 5.32 Å². The lowest BCUT2D eigenvalue weighted by Crippen LogP contribution is -3.08. The molecule has 1 unspecified atom stereocenters. The van der Waals surface area contributed by atoms with Crippen LogP contribution in [0.5, 0.6) is 5.75 Å². The number of quaternary nitrogens is 1. The summed E-state index contributed by atoms with van der Waals surface area (Å²) in [5, 5.41) is 2.82. The zero-order valence-electron chi connectivity index (χ0n) is 14.5. The summed E-state index contributed by atoms with van der Waals surface area (Å²) in [6, 6.07) is 12.6. The number of halogens is 3. The molecule has 2 aromatic rings. The second-order valence-corrected chi connectivity index (χ2v) is 6.06. The molecule has 7 heteroatoms. The van der Waals surface area contributed by atoms with E-state index in [4.69, 9.17) is 0 Å². The number of rotatable bonds is 9. The number of nitrogens with one attached hydrogen (secondary N) is 2. The number of ether oxygens (including phenoxy) is 1. The number of hydrogen-bond acceptors (Lipinski definition) is 2. The predicted molar refractivity (Wildman–Crippen MR) is 91.6 cm³/mol. The summed E-state index contributed by atoms with van der Waals surface area (Å²) in [5.41, 5.74) is 1.74. The molecule has 4 nitrogen and oxygen atoms in total. The lowest BCUT2D eigenvalue weighted by Gasteiger charge is -2.14. The molecular formula is C19H22F3N2O2+. The van der Waals surface area contributed by atoms with Crippen molar-refractivity contribution in [2.24, 2.45) is 0 Å². The Kier molecular flexibility index (Phi) is 7.47. The Labute approximate surface area is 150 Å². The van der Waals surface area contributed by atoms with Crippen LogP contribution in [0.4, 0.5) is 13.2 Å². The normalized spacial score (nSPS) is 12.0. The van der Waals surface area contributed by atoms with Crippen LogP contribution in [0.1, 0.15) is 11.1 Å². The predicted octanol–water partition coefficient (Wildman–Crippen LogP) is 1.80. The molecule has 2 N–H and O–H groups in total. The van der Waals surface area contributed by atoms with E-state index in [0.29, 0.717) is 19.5 Å². The van der Waals surface area contributed by atoms with Gasteiger partial charge in [-0.3, -0.25) is 4.79 Å². The fourth-order valence-electron chi connectivity index (χ4n) is 2.58. The summed E-state index contributed by atoms with van der Waals surface area (Å²) in [4.78, 5) is 12.9. The van der Waals surface area contributed by atoms with Gasteiger partial charge in [0, 0.05) is 12.1 Å². The first-order valence-electron chi connectivity index (χ1n) is 8.28. The van der Waals surface area contributed by atoms with Gasteiger partial charge in [0.05, 0.1) is 7.05 Å². The Balaban J connectivity index is 1.69. The molecule has 0 heterocycles. The smallest absolute Gasteiger partial charge is 0.387 e. The highest BCUT2D eigenvalue weighted by molar-refractivity contribution is 5.76. The first-order valence-corrected chi connectivity index (χ1v) is 8.28. The largest absolute Gasteiger partial charge is 0.435 e. The minimum Gasteiger partial charge on any atom is -0.435 e. The van der Waals surface area contributed by atoms with Crippen LogP contribution in [0.15, 0.2) is 48.5 Å². The van der Waals surface area contributed by atoms with Gasteiger partial charge in [-0.2, -0.15) is 8.78 Å². The van der Waals surface area contributed by atoms with Crippen molar-refractivity contribution in [3.8, 4) is 5.75 Å². The van der Waals surface area contributed by atoms with Gasteiger partial charge in [0.15, 0.2) is 6.54 Å². The van der Waals surface area contributed by atoms with Gasteiger partial charge >= 0.3 is 6.61 Å². The monoisotopic (exact) mass is 367 g/mol. The van der Waals surface area contributed by atoms with Crippen LogP contribution in [0.2, 0.25) is 0 Å². The van der Waals surface area contributed by atoms with Crippen LogP contribution >= 0.6 is 0 Å². The molecule has 0 saturated heterocycles. The summed E-state index contributed by atoms with van der Waals surface area (Å²) in [5.74, 6) is -0.281. The Bertz CT molecular complexity index is 708. The van der Waals surface area contributed by atoms with E-state index in [9.17, 15) is 18.0 Å². The number of carbonyl (C=O) groups excluding carboxylic acids is 1. The lowest BCUT2D eigenvalue weighted by atomic mass is 10.1. The molecular weight excluding hydrogens is 345 g/mol. The van der Waals surface area contributed by atoms with Crippen LogP contribution < -0.4 is 15.0 Å². The standard InChI is InChI=1S/C19H21F3N2O2/c1-24(12-15-3-2-4-16(20)11-15)13-18(25)23-10-9-14-5-7-17(8-6-14)26-19(21)22/h2-8,11,19H,9-10,12-13H2,1H3,(H,23,25)/p+1. The molecule has 0 fully saturated rings. The average molecular weight is 367 g/mol. The highest BCUT2D eigenvalue weighted by atomic mass is 19.3. The molecule has 0 radical (unpaired) electrons. The van der Waals surface area contributed by atoms with E-state index in [0.717, 1.165) is 16.0 Å². The Morgan fingerprint density at radius 1 is 1.15 bits per heavy atom. The van der Waals surface area contributed by atoms with Gasteiger partial charge in [-0.05, 0) is 36.2 Å². The van der Waals surface area contributed by atoms with Crippen LogP contribution in [-0.4, -0.2) is 32.7 Å². The summed E-state index contributed by atoms with van der Waals surface area (Å²) in [7, 11) is 1.87. The van der Waals surface area contributed by atoms with Gasteiger partial charge in [-0.1, -0.05) is 24.3 Å². The number of likely N-dealkylation sites (N-methyl/N-ethyl adjacent to an activating group) is 1. The number of alkyl halides is 2. The van der Waals surface area contributed by atoms with Crippen LogP contribution in [0.25, 0.3) is 0 Å². The second-order valence-electron chi connectivity index (χ2n) is 6.06. The molecule has 2 rings (SSSR count). The van der Waals surface area contributed by atoms with Gasteiger partial charge in [0.25, 0.3) is 5.91 Å². The van der Waals surface area contributed by atoms with Gasteiger partial charge in [-0.25, -0.2) is 4.39 Å². The number of amides is 1. The molecule has 1 amide bonds. The van der Waals surface area contributed by atoms with Crippen molar-refractivity contribution >= 4 is 5.91 Å².